The van der Waals surface area contributed by atoms with E-state index in [1.165, 1.54) is 0 Å². The second kappa shape index (κ2) is 6.52. The molecule has 5 nitrogen and oxygen atoms in total. The zero-order valence-electron chi connectivity index (χ0n) is 14.7. The fraction of sp³-hybridized carbons (Fsp3) is 0.350. The first-order valence-electron chi connectivity index (χ1n) is 8.95. The van der Waals surface area contributed by atoms with Crippen molar-refractivity contribution in [2.75, 3.05) is 25.4 Å². The van der Waals surface area contributed by atoms with Crippen molar-refractivity contribution in [1.29, 1.82) is 0 Å². The monoisotopic (exact) mass is 370 g/mol. The SMILES string of the molecule is CCS(=O)(=O)c1cccc(-c2ccc3c(c2)C(=O)NC[C@H]2CNC[C@H]32)c1. The maximum atomic E-state index is 12.6. The van der Waals surface area contributed by atoms with Crippen molar-refractivity contribution in [3.63, 3.8) is 0 Å². The van der Waals surface area contributed by atoms with Crippen molar-refractivity contribution in [2.45, 2.75) is 17.7 Å². The van der Waals surface area contributed by atoms with Crippen LogP contribution in [-0.2, 0) is 9.84 Å². The zero-order chi connectivity index (χ0) is 18.3. The van der Waals surface area contributed by atoms with Crippen LogP contribution in [0.3, 0.4) is 0 Å². The van der Waals surface area contributed by atoms with Gasteiger partial charge in [0.15, 0.2) is 9.84 Å². The highest BCUT2D eigenvalue weighted by molar-refractivity contribution is 7.91. The number of benzene rings is 2. The molecule has 0 saturated carbocycles. The van der Waals surface area contributed by atoms with Crippen LogP contribution in [0.25, 0.3) is 11.1 Å². The summed E-state index contributed by atoms with van der Waals surface area (Å²) in [5.41, 5.74) is 3.44. The van der Waals surface area contributed by atoms with Gasteiger partial charge in [-0.05, 0) is 40.8 Å². The van der Waals surface area contributed by atoms with Crippen LogP contribution in [0.15, 0.2) is 47.4 Å². The molecule has 1 fully saturated rings. The number of hydrogen-bond donors (Lipinski definition) is 2. The lowest BCUT2D eigenvalue weighted by Crippen LogP contribution is -2.28. The van der Waals surface area contributed by atoms with Gasteiger partial charge >= 0.3 is 0 Å². The van der Waals surface area contributed by atoms with Gasteiger partial charge in [0, 0.05) is 31.1 Å². The van der Waals surface area contributed by atoms with E-state index in [0.717, 1.165) is 29.8 Å². The van der Waals surface area contributed by atoms with Crippen LogP contribution in [0.1, 0.15) is 28.8 Å². The van der Waals surface area contributed by atoms with E-state index in [1.807, 2.05) is 24.3 Å². The summed E-state index contributed by atoms with van der Waals surface area (Å²) in [4.78, 5) is 12.9. The summed E-state index contributed by atoms with van der Waals surface area (Å²) < 4.78 is 24.3. The Morgan fingerprint density at radius 3 is 2.65 bits per heavy atom. The second-order valence-corrected chi connectivity index (χ2v) is 9.25. The zero-order valence-corrected chi connectivity index (χ0v) is 15.5. The maximum absolute atomic E-state index is 12.6. The highest BCUT2D eigenvalue weighted by Gasteiger charge is 2.34. The molecule has 4 rings (SSSR count). The molecule has 136 valence electrons. The third-order valence-corrected chi connectivity index (χ3v) is 7.20. The minimum atomic E-state index is -3.26. The highest BCUT2D eigenvalue weighted by Crippen LogP contribution is 2.35. The van der Waals surface area contributed by atoms with Crippen molar-refractivity contribution in [1.82, 2.24) is 10.6 Å². The first-order valence-corrected chi connectivity index (χ1v) is 10.6. The number of sulfone groups is 1. The summed E-state index contributed by atoms with van der Waals surface area (Å²) in [6, 6.07) is 12.8. The number of fused-ring (bicyclic) bond motifs is 3. The number of carbonyl (C=O) groups is 1. The maximum Gasteiger partial charge on any atom is 0.251 e. The van der Waals surface area contributed by atoms with E-state index in [2.05, 4.69) is 10.6 Å². The number of carbonyl (C=O) groups excluding carboxylic acids is 1. The molecule has 2 aliphatic heterocycles. The molecule has 2 aromatic rings. The van der Waals surface area contributed by atoms with Gasteiger partial charge in [0.05, 0.1) is 10.6 Å². The van der Waals surface area contributed by atoms with Crippen LogP contribution in [-0.4, -0.2) is 39.7 Å². The van der Waals surface area contributed by atoms with E-state index in [-0.39, 0.29) is 11.7 Å². The predicted octanol–water partition coefficient (Wildman–Crippen LogP) is 2.19. The molecule has 2 aliphatic rings. The Morgan fingerprint density at radius 1 is 1.04 bits per heavy atom. The molecule has 26 heavy (non-hydrogen) atoms. The van der Waals surface area contributed by atoms with E-state index in [0.29, 0.717) is 28.8 Å². The fourth-order valence-corrected chi connectivity index (χ4v) is 4.85. The summed E-state index contributed by atoms with van der Waals surface area (Å²) in [5.74, 6) is 0.779. The lowest BCUT2D eigenvalue weighted by Gasteiger charge is -2.17. The van der Waals surface area contributed by atoms with Gasteiger partial charge in [-0.25, -0.2) is 8.42 Å². The Bertz CT molecular complexity index is 969. The molecule has 1 saturated heterocycles. The first-order chi connectivity index (χ1) is 12.5. The molecule has 2 atom stereocenters. The van der Waals surface area contributed by atoms with Crippen LogP contribution < -0.4 is 10.6 Å². The first kappa shape index (κ1) is 17.2. The van der Waals surface area contributed by atoms with Gasteiger partial charge in [0.1, 0.15) is 0 Å². The van der Waals surface area contributed by atoms with Gasteiger partial charge in [0.25, 0.3) is 5.91 Å². The summed E-state index contributed by atoms with van der Waals surface area (Å²) in [5, 5.41) is 6.43. The molecule has 0 aliphatic carbocycles. The van der Waals surface area contributed by atoms with E-state index in [9.17, 15) is 13.2 Å². The van der Waals surface area contributed by atoms with Gasteiger partial charge in [0.2, 0.25) is 0 Å². The van der Waals surface area contributed by atoms with Crippen molar-refractivity contribution in [3.8, 4) is 11.1 Å². The molecule has 6 heteroatoms. The Kier molecular flexibility index (Phi) is 4.32. The van der Waals surface area contributed by atoms with Crippen molar-refractivity contribution < 1.29 is 13.2 Å². The number of rotatable bonds is 3. The van der Waals surface area contributed by atoms with Gasteiger partial charge < -0.3 is 10.6 Å². The van der Waals surface area contributed by atoms with E-state index in [4.69, 9.17) is 0 Å². The predicted molar refractivity (Wildman–Crippen MR) is 101 cm³/mol. The molecular weight excluding hydrogens is 348 g/mol. The molecule has 2 heterocycles. The third kappa shape index (κ3) is 2.93. The topological polar surface area (TPSA) is 75.3 Å². The minimum absolute atomic E-state index is 0.0476. The summed E-state index contributed by atoms with van der Waals surface area (Å²) in [7, 11) is -3.26. The summed E-state index contributed by atoms with van der Waals surface area (Å²) in [6.45, 7) is 4.13. The Morgan fingerprint density at radius 2 is 1.85 bits per heavy atom. The molecule has 0 unspecified atom stereocenters. The van der Waals surface area contributed by atoms with Crippen LogP contribution in [0.2, 0.25) is 0 Å². The Labute approximate surface area is 153 Å². The number of amides is 1. The van der Waals surface area contributed by atoms with Gasteiger partial charge in [-0.15, -0.1) is 0 Å². The lowest BCUT2D eigenvalue weighted by atomic mass is 9.86. The largest absolute Gasteiger partial charge is 0.352 e. The highest BCUT2D eigenvalue weighted by atomic mass is 32.2. The average molecular weight is 370 g/mol. The van der Waals surface area contributed by atoms with E-state index >= 15 is 0 Å². The third-order valence-electron chi connectivity index (χ3n) is 5.47. The van der Waals surface area contributed by atoms with Gasteiger partial charge in [-0.2, -0.15) is 0 Å². The fourth-order valence-electron chi connectivity index (χ4n) is 3.92. The molecule has 2 aromatic carbocycles. The number of hydrogen-bond acceptors (Lipinski definition) is 4. The lowest BCUT2D eigenvalue weighted by molar-refractivity contribution is 0.0952. The normalized spacial score (nSPS) is 22.3. The van der Waals surface area contributed by atoms with E-state index in [1.54, 1.807) is 25.1 Å². The second-order valence-electron chi connectivity index (χ2n) is 6.97. The quantitative estimate of drug-likeness (QED) is 0.869. The van der Waals surface area contributed by atoms with Crippen molar-refractivity contribution in [3.05, 3.63) is 53.6 Å². The van der Waals surface area contributed by atoms with Gasteiger partial charge in [-0.1, -0.05) is 31.2 Å². The van der Waals surface area contributed by atoms with Crippen molar-refractivity contribution >= 4 is 15.7 Å². The van der Waals surface area contributed by atoms with Crippen LogP contribution in [0.4, 0.5) is 0 Å². The van der Waals surface area contributed by atoms with Crippen LogP contribution in [0, 0.1) is 5.92 Å². The van der Waals surface area contributed by atoms with Crippen LogP contribution >= 0.6 is 0 Å². The molecular formula is C20H22N2O3S. The molecule has 1 amide bonds. The summed E-state index contributed by atoms with van der Waals surface area (Å²) in [6.07, 6.45) is 0. The smallest absolute Gasteiger partial charge is 0.251 e. The molecule has 0 spiro atoms. The minimum Gasteiger partial charge on any atom is -0.352 e. The molecule has 0 aromatic heterocycles. The molecule has 2 N–H and O–H groups in total. The van der Waals surface area contributed by atoms with Crippen LogP contribution in [0.5, 0.6) is 0 Å². The molecule has 0 bridgehead atoms. The average Bonchev–Trinajstić information content (AvgIpc) is 3.09. The van der Waals surface area contributed by atoms with Gasteiger partial charge in [-0.3, -0.25) is 4.79 Å². The number of nitrogens with one attached hydrogen (secondary N) is 2. The Balaban J connectivity index is 1.78. The standard InChI is InChI=1S/C20H22N2O3S/c1-2-26(24,25)16-5-3-4-13(8-16)14-6-7-17-18(9-14)20(23)22-11-15-10-21-12-19(15)17/h3-9,15,19,21H,2,10-12H2,1H3,(H,22,23)/t15-,19+/m1/s1. The Hall–Kier alpha value is -2.18. The molecule has 0 radical (unpaired) electrons. The van der Waals surface area contributed by atoms with Crippen molar-refractivity contribution in [2.24, 2.45) is 5.92 Å². The summed E-state index contributed by atoms with van der Waals surface area (Å²) >= 11 is 0. The van der Waals surface area contributed by atoms with E-state index < -0.39 is 9.84 Å².